The van der Waals surface area contributed by atoms with Crippen molar-refractivity contribution in [1.82, 2.24) is 0 Å². The van der Waals surface area contributed by atoms with E-state index in [1.807, 2.05) is 54.6 Å². The van der Waals surface area contributed by atoms with E-state index in [9.17, 15) is 14.7 Å². The van der Waals surface area contributed by atoms with E-state index in [4.69, 9.17) is 19.3 Å². The molecule has 8 nitrogen and oxygen atoms in total. The molecule has 3 N–H and O–H groups in total. The molecule has 9 heteroatoms. The number of ether oxygens (including phenoxy) is 3. The van der Waals surface area contributed by atoms with Crippen molar-refractivity contribution < 1.29 is 34.0 Å². The molecule has 1 heterocycles. The number of carboxylic acid groups (broad SMARTS) is 1. The van der Waals surface area contributed by atoms with Crippen LogP contribution in [0.4, 0.5) is 5.69 Å². The maximum absolute atomic E-state index is 12.2. The van der Waals surface area contributed by atoms with E-state index >= 15 is 0 Å². The lowest BCUT2D eigenvalue weighted by Crippen LogP contribution is -2.31. The van der Waals surface area contributed by atoms with E-state index < -0.39 is 12.3 Å². The molecule has 0 saturated carbocycles. The molecule has 0 aromatic heterocycles. The van der Waals surface area contributed by atoms with Crippen LogP contribution in [0.2, 0.25) is 0 Å². The minimum atomic E-state index is -1.02. The predicted molar refractivity (Wildman–Crippen MR) is 144 cm³/mol. The number of carbonyl (C=O) groups excluding carboxylic acids is 1. The fourth-order valence-electron chi connectivity index (χ4n) is 4.15. The molecule has 0 aliphatic carbocycles. The number of amides is 1. The van der Waals surface area contributed by atoms with Crippen LogP contribution >= 0.6 is 11.8 Å². The van der Waals surface area contributed by atoms with Crippen molar-refractivity contribution in [2.45, 2.75) is 49.3 Å². The number of anilines is 1. The van der Waals surface area contributed by atoms with Crippen LogP contribution in [0.15, 0.2) is 77.7 Å². The Morgan fingerprint density at radius 2 is 1.79 bits per heavy atom. The molecular weight excluding hydrogens is 506 g/mol. The molecule has 38 heavy (non-hydrogen) atoms. The van der Waals surface area contributed by atoms with Crippen molar-refractivity contribution in [3.8, 4) is 5.75 Å². The SMILES string of the molecule is COc1ccccc1SC[C@H]1C[C@@H](c2ccc(CO)cc2)O[C@@H](c2cccc(NC(=O)CCC(=O)O)c2)O1. The highest BCUT2D eigenvalue weighted by Crippen LogP contribution is 2.40. The van der Waals surface area contributed by atoms with Crippen molar-refractivity contribution in [1.29, 1.82) is 0 Å². The van der Waals surface area contributed by atoms with E-state index in [1.165, 1.54) is 0 Å². The Morgan fingerprint density at radius 3 is 2.53 bits per heavy atom. The molecule has 200 valence electrons. The first-order chi connectivity index (χ1) is 18.4. The molecular formula is C29H31NO7S. The van der Waals surface area contributed by atoms with Crippen molar-refractivity contribution in [2.24, 2.45) is 0 Å². The molecule has 0 spiro atoms. The number of aliphatic hydroxyl groups excluding tert-OH is 1. The van der Waals surface area contributed by atoms with Gasteiger partial charge in [-0.2, -0.15) is 0 Å². The lowest BCUT2D eigenvalue weighted by Gasteiger charge is -2.36. The fourth-order valence-corrected chi connectivity index (χ4v) is 5.20. The van der Waals surface area contributed by atoms with Crippen LogP contribution in [0.25, 0.3) is 0 Å². The Kier molecular flexibility index (Phi) is 9.78. The zero-order valence-electron chi connectivity index (χ0n) is 21.0. The summed E-state index contributed by atoms with van der Waals surface area (Å²) in [4.78, 5) is 24.0. The molecule has 1 aliphatic heterocycles. The zero-order chi connectivity index (χ0) is 26.9. The maximum atomic E-state index is 12.2. The number of carboxylic acids is 1. The highest BCUT2D eigenvalue weighted by atomic mass is 32.2. The molecule has 0 bridgehead atoms. The van der Waals surface area contributed by atoms with Gasteiger partial charge in [0.15, 0.2) is 6.29 Å². The second-order valence-electron chi connectivity index (χ2n) is 8.88. The topological polar surface area (TPSA) is 114 Å². The minimum absolute atomic E-state index is 0.0271. The summed E-state index contributed by atoms with van der Waals surface area (Å²) in [5.74, 6) is 0.0939. The van der Waals surface area contributed by atoms with Crippen LogP contribution in [0, 0.1) is 0 Å². The highest BCUT2D eigenvalue weighted by Gasteiger charge is 2.32. The molecule has 3 atom stereocenters. The van der Waals surface area contributed by atoms with Gasteiger partial charge in [-0.25, -0.2) is 0 Å². The lowest BCUT2D eigenvalue weighted by atomic mass is 10.0. The van der Waals surface area contributed by atoms with E-state index in [0.717, 1.165) is 27.3 Å². The Hall–Kier alpha value is -3.37. The van der Waals surface area contributed by atoms with Crippen LogP contribution in [0.5, 0.6) is 5.75 Å². The van der Waals surface area contributed by atoms with Gasteiger partial charge in [0.2, 0.25) is 5.91 Å². The van der Waals surface area contributed by atoms with Crippen LogP contribution in [-0.4, -0.2) is 41.1 Å². The molecule has 1 fully saturated rings. The second kappa shape index (κ2) is 13.4. The van der Waals surface area contributed by atoms with Crippen molar-refractivity contribution >= 4 is 29.3 Å². The summed E-state index contributed by atoms with van der Waals surface area (Å²) < 4.78 is 18.3. The fraction of sp³-hybridized carbons (Fsp3) is 0.310. The van der Waals surface area contributed by atoms with Crippen molar-refractivity contribution in [3.63, 3.8) is 0 Å². The second-order valence-corrected chi connectivity index (χ2v) is 9.94. The molecule has 4 rings (SSSR count). The summed E-state index contributed by atoms with van der Waals surface area (Å²) in [6, 6.07) is 22.7. The summed E-state index contributed by atoms with van der Waals surface area (Å²) in [5, 5.41) is 21.0. The van der Waals surface area contributed by atoms with Gasteiger partial charge in [0, 0.05) is 34.7 Å². The van der Waals surface area contributed by atoms with Crippen molar-refractivity contribution in [2.75, 3.05) is 18.2 Å². The number of benzene rings is 3. The van der Waals surface area contributed by atoms with E-state index in [1.54, 1.807) is 37.1 Å². The summed E-state index contributed by atoms with van der Waals surface area (Å²) in [6.07, 6.45) is -0.751. The van der Waals surface area contributed by atoms with Gasteiger partial charge in [0.25, 0.3) is 0 Å². The number of methoxy groups -OCH3 is 1. The van der Waals surface area contributed by atoms with Crippen LogP contribution < -0.4 is 10.1 Å². The first-order valence-corrected chi connectivity index (χ1v) is 13.3. The van der Waals surface area contributed by atoms with Gasteiger partial charge in [-0.1, -0.05) is 48.5 Å². The van der Waals surface area contributed by atoms with Crippen LogP contribution in [0.3, 0.4) is 0 Å². The molecule has 1 aliphatic rings. The quantitative estimate of drug-likeness (QED) is 0.281. The van der Waals surface area contributed by atoms with Gasteiger partial charge in [-0.15, -0.1) is 11.8 Å². The van der Waals surface area contributed by atoms with Crippen LogP contribution in [-0.2, 0) is 25.7 Å². The molecule has 3 aromatic rings. The summed E-state index contributed by atoms with van der Waals surface area (Å²) in [7, 11) is 1.65. The van der Waals surface area contributed by atoms with Gasteiger partial charge in [0.05, 0.1) is 32.3 Å². The third-order valence-corrected chi connectivity index (χ3v) is 7.30. The van der Waals surface area contributed by atoms with Gasteiger partial charge >= 0.3 is 5.97 Å². The number of aliphatic carboxylic acids is 1. The number of para-hydroxylation sites is 1. The Bertz CT molecular complexity index is 1230. The Morgan fingerprint density at radius 1 is 1.00 bits per heavy atom. The van der Waals surface area contributed by atoms with Crippen LogP contribution in [0.1, 0.15) is 48.3 Å². The predicted octanol–water partition coefficient (Wildman–Crippen LogP) is 5.33. The lowest BCUT2D eigenvalue weighted by molar-refractivity contribution is -0.245. The zero-order valence-corrected chi connectivity index (χ0v) is 21.9. The summed E-state index contributed by atoms with van der Waals surface area (Å²) >= 11 is 1.65. The number of carbonyl (C=O) groups is 2. The van der Waals surface area contributed by atoms with Gasteiger partial charge in [-0.05, 0) is 35.4 Å². The molecule has 0 unspecified atom stereocenters. The largest absolute Gasteiger partial charge is 0.496 e. The Labute approximate surface area is 225 Å². The first-order valence-electron chi connectivity index (χ1n) is 12.3. The molecule has 1 amide bonds. The third kappa shape index (κ3) is 7.58. The highest BCUT2D eigenvalue weighted by molar-refractivity contribution is 7.99. The standard InChI is InChI=1S/C29H31NO7S/c1-35-24-7-2-3-8-26(24)38-18-23-16-25(20-11-9-19(17-31)10-12-20)37-29(36-23)21-5-4-6-22(15-21)30-27(32)13-14-28(33)34/h2-12,15,23,25,29,31H,13-14,16-18H2,1H3,(H,30,32)(H,33,34)/t23-,25+,29+/m1/s1. The summed E-state index contributed by atoms with van der Waals surface area (Å²) in [5.41, 5.74) is 3.09. The number of aliphatic hydroxyl groups is 1. The number of nitrogens with one attached hydrogen (secondary N) is 1. The normalized spacial score (nSPS) is 19.1. The van der Waals surface area contributed by atoms with Crippen molar-refractivity contribution in [3.05, 3.63) is 89.5 Å². The first kappa shape index (κ1) is 27.7. The minimum Gasteiger partial charge on any atom is -0.496 e. The average molecular weight is 538 g/mol. The third-order valence-electron chi connectivity index (χ3n) is 6.12. The molecule has 1 saturated heterocycles. The smallest absolute Gasteiger partial charge is 0.303 e. The monoisotopic (exact) mass is 537 g/mol. The molecule has 0 radical (unpaired) electrons. The van der Waals surface area contributed by atoms with Gasteiger partial charge in [0.1, 0.15) is 5.75 Å². The van der Waals surface area contributed by atoms with E-state index in [-0.39, 0.29) is 37.6 Å². The average Bonchev–Trinajstić information content (AvgIpc) is 2.95. The number of thioether (sulfide) groups is 1. The van der Waals surface area contributed by atoms with Gasteiger partial charge in [-0.3, -0.25) is 9.59 Å². The van der Waals surface area contributed by atoms with Gasteiger partial charge < -0.3 is 29.7 Å². The number of rotatable bonds is 11. The van der Waals surface area contributed by atoms with E-state index in [0.29, 0.717) is 17.9 Å². The number of hydrogen-bond donors (Lipinski definition) is 3. The summed E-state index contributed by atoms with van der Waals surface area (Å²) in [6.45, 7) is -0.0271. The van der Waals surface area contributed by atoms with E-state index in [2.05, 4.69) is 5.32 Å². The maximum Gasteiger partial charge on any atom is 0.303 e. The number of hydrogen-bond acceptors (Lipinski definition) is 7. The Balaban J connectivity index is 1.52. The molecule has 3 aromatic carbocycles.